The van der Waals surface area contributed by atoms with Crippen molar-refractivity contribution in [3.63, 3.8) is 0 Å². The van der Waals surface area contributed by atoms with Crippen molar-refractivity contribution in [2.75, 3.05) is 13.2 Å². The summed E-state index contributed by atoms with van der Waals surface area (Å²) in [5, 5.41) is 0. The van der Waals surface area contributed by atoms with Gasteiger partial charge in [-0.05, 0) is 17.5 Å². The fraction of sp³-hybridized carbons (Fsp3) is 0.263. The Hall–Kier alpha value is -2.30. The van der Waals surface area contributed by atoms with Gasteiger partial charge in [-0.25, -0.2) is 0 Å². The minimum Gasteiger partial charge on any atom is -0.377 e. The summed E-state index contributed by atoms with van der Waals surface area (Å²) >= 11 is 0. The first-order valence-electron chi connectivity index (χ1n) is 7.57. The third-order valence-corrected chi connectivity index (χ3v) is 3.46. The van der Waals surface area contributed by atoms with E-state index in [4.69, 9.17) is 9.47 Å². The van der Waals surface area contributed by atoms with E-state index in [0.717, 1.165) is 30.1 Å². The topological polar surface area (TPSA) is 52.6 Å². The second kappa shape index (κ2) is 9.66. The van der Waals surface area contributed by atoms with E-state index < -0.39 is 0 Å². The Morgan fingerprint density at radius 1 is 0.696 bits per heavy atom. The van der Waals surface area contributed by atoms with E-state index in [0.29, 0.717) is 37.6 Å². The zero-order chi connectivity index (χ0) is 16.3. The molecule has 0 saturated carbocycles. The van der Waals surface area contributed by atoms with Gasteiger partial charge in [0, 0.05) is 24.3 Å². The molecule has 0 fully saturated rings. The molecule has 23 heavy (non-hydrogen) atoms. The quantitative estimate of drug-likeness (QED) is 0.498. The van der Waals surface area contributed by atoms with Crippen LogP contribution in [0.25, 0.3) is 0 Å². The molecule has 0 N–H and O–H groups in total. The van der Waals surface area contributed by atoms with Crippen LogP contribution in [0.5, 0.6) is 0 Å². The predicted molar refractivity (Wildman–Crippen MR) is 87.6 cm³/mol. The Bertz CT molecular complexity index is 581. The normalized spacial score (nSPS) is 10.4. The Balaban J connectivity index is 1.63. The number of carbonyl (C=O) groups is 2. The molecule has 120 valence electrons. The number of benzene rings is 2. The smallest absolute Gasteiger partial charge is 0.150 e. The summed E-state index contributed by atoms with van der Waals surface area (Å²) in [6.45, 7) is 1.96. The fourth-order valence-electron chi connectivity index (χ4n) is 2.19. The van der Waals surface area contributed by atoms with Crippen molar-refractivity contribution in [1.82, 2.24) is 0 Å². The van der Waals surface area contributed by atoms with Crippen LogP contribution in [0.15, 0.2) is 48.5 Å². The summed E-state index contributed by atoms with van der Waals surface area (Å²) in [5.41, 5.74) is 3.11. The van der Waals surface area contributed by atoms with Crippen molar-refractivity contribution in [2.45, 2.75) is 19.6 Å². The average Bonchev–Trinajstić information content (AvgIpc) is 2.61. The van der Waals surface area contributed by atoms with Crippen molar-refractivity contribution < 1.29 is 19.1 Å². The summed E-state index contributed by atoms with van der Waals surface area (Å²) in [5.74, 6) is 0. The molecule has 0 unspecified atom stereocenters. The molecule has 2 aromatic rings. The van der Waals surface area contributed by atoms with Crippen LogP contribution in [0.3, 0.4) is 0 Å². The number of carbonyl (C=O) groups excluding carboxylic acids is 2. The first-order chi connectivity index (χ1) is 11.3. The molecule has 0 saturated heterocycles. The van der Waals surface area contributed by atoms with E-state index in [9.17, 15) is 9.59 Å². The Morgan fingerprint density at radius 2 is 1.13 bits per heavy atom. The molecule has 0 heterocycles. The lowest BCUT2D eigenvalue weighted by Crippen LogP contribution is -2.03. The van der Waals surface area contributed by atoms with E-state index in [2.05, 4.69) is 0 Å². The van der Waals surface area contributed by atoms with Gasteiger partial charge in [-0.15, -0.1) is 0 Å². The van der Waals surface area contributed by atoms with Crippen molar-refractivity contribution in [1.29, 1.82) is 0 Å². The van der Waals surface area contributed by atoms with Gasteiger partial charge >= 0.3 is 0 Å². The maximum atomic E-state index is 10.9. The second-order valence-corrected chi connectivity index (χ2v) is 5.09. The molecule has 0 bridgehead atoms. The van der Waals surface area contributed by atoms with Gasteiger partial charge in [0.2, 0.25) is 0 Å². The van der Waals surface area contributed by atoms with E-state index in [1.165, 1.54) is 0 Å². The minimum atomic E-state index is 0.420. The number of aldehydes is 2. The van der Waals surface area contributed by atoms with Crippen molar-refractivity contribution in [2.24, 2.45) is 0 Å². The lowest BCUT2D eigenvalue weighted by atomic mass is 10.1. The zero-order valence-electron chi connectivity index (χ0n) is 12.9. The van der Waals surface area contributed by atoms with Crippen LogP contribution in [-0.4, -0.2) is 25.8 Å². The van der Waals surface area contributed by atoms with Gasteiger partial charge in [-0.1, -0.05) is 48.5 Å². The molecule has 2 rings (SSSR count). The largest absolute Gasteiger partial charge is 0.377 e. The molecule has 4 nitrogen and oxygen atoms in total. The highest BCUT2D eigenvalue weighted by Crippen LogP contribution is 2.09. The second-order valence-electron chi connectivity index (χ2n) is 5.09. The molecule has 0 radical (unpaired) electrons. The molecule has 4 heteroatoms. The molecule has 0 aliphatic rings. The first-order valence-corrected chi connectivity index (χ1v) is 7.57. The van der Waals surface area contributed by atoms with Crippen LogP contribution >= 0.6 is 0 Å². The maximum Gasteiger partial charge on any atom is 0.150 e. The van der Waals surface area contributed by atoms with Crippen LogP contribution in [0.2, 0.25) is 0 Å². The number of ether oxygens (including phenoxy) is 2. The predicted octanol–water partition coefficient (Wildman–Crippen LogP) is 3.44. The standard InChI is InChI=1S/C19H20O4/c20-12-16-6-1-3-8-18(16)14-22-10-5-11-23-15-19-9-4-2-7-17(19)13-21/h1-4,6-9,12-13H,5,10-11,14-15H2. The number of rotatable bonds is 10. The van der Waals surface area contributed by atoms with E-state index in [1.54, 1.807) is 12.1 Å². The molecule has 0 aromatic heterocycles. The van der Waals surface area contributed by atoms with Crippen LogP contribution in [0, 0.1) is 0 Å². The minimum absolute atomic E-state index is 0.420. The third-order valence-electron chi connectivity index (χ3n) is 3.46. The van der Waals surface area contributed by atoms with Gasteiger partial charge in [-0.3, -0.25) is 9.59 Å². The molecular weight excluding hydrogens is 292 g/mol. The van der Waals surface area contributed by atoms with Gasteiger partial charge in [-0.2, -0.15) is 0 Å². The van der Waals surface area contributed by atoms with Crippen LogP contribution in [-0.2, 0) is 22.7 Å². The number of hydrogen-bond acceptors (Lipinski definition) is 4. The molecular formula is C19H20O4. The van der Waals surface area contributed by atoms with E-state index >= 15 is 0 Å². The molecule has 0 aliphatic carbocycles. The van der Waals surface area contributed by atoms with Crippen LogP contribution < -0.4 is 0 Å². The van der Waals surface area contributed by atoms with E-state index in [-0.39, 0.29) is 0 Å². The lowest BCUT2D eigenvalue weighted by molar-refractivity contribution is 0.0689. The monoisotopic (exact) mass is 312 g/mol. The highest BCUT2D eigenvalue weighted by atomic mass is 16.5. The van der Waals surface area contributed by atoms with Crippen LogP contribution in [0.1, 0.15) is 38.3 Å². The fourth-order valence-corrected chi connectivity index (χ4v) is 2.19. The summed E-state index contributed by atoms with van der Waals surface area (Å²) in [6, 6.07) is 14.8. The molecule has 0 spiro atoms. The summed E-state index contributed by atoms with van der Waals surface area (Å²) in [7, 11) is 0. The van der Waals surface area contributed by atoms with E-state index in [1.807, 2.05) is 36.4 Å². The Kier molecular flexibility index (Phi) is 7.17. The van der Waals surface area contributed by atoms with Crippen molar-refractivity contribution in [3.8, 4) is 0 Å². The molecule has 0 aliphatic heterocycles. The van der Waals surface area contributed by atoms with Gasteiger partial charge in [0.05, 0.1) is 13.2 Å². The highest BCUT2D eigenvalue weighted by molar-refractivity contribution is 5.77. The molecule has 2 aromatic carbocycles. The third kappa shape index (κ3) is 5.43. The van der Waals surface area contributed by atoms with Crippen molar-refractivity contribution >= 4 is 12.6 Å². The number of hydrogen-bond donors (Lipinski definition) is 0. The highest BCUT2D eigenvalue weighted by Gasteiger charge is 2.02. The Morgan fingerprint density at radius 3 is 1.57 bits per heavy atom. The van der Waals surface area contributed by atoms with Gasteiger partial charge in [0.1, 0.15) is 12.6 Å². The first kappa shape index (κ1) is 17.1. The van der Waals surface area contributed by atoms with Gasteiger partial charge in [0.15, 0.2) is 0 Å². The Labute approximate surface area is 136 Å². The SMILES string of the molecule is O=Cc1ccccc1COCCCOCc1ccccc1C=O. The maximum absolute atomic E-state index is 10.9. The average molecular weight is 312 g/mol. The van der Waals surface area contributed by atoms with Crippen molar-refractivity contribution in [3.05, 3.63) is 70.8 Å². The van der Waals surface area contributed by atoms with Gasteiger partial charge in [0.25, 0.3) is 0 Å². The lowest BCUT2D eigenvalue weighted by Gasteiger charge is -2.08. The summed E-state index contributed by atoms with van der Waals surface area (Å²) < 4.78 is 11.1. The molecule has 0 amide bonds. The zero-order valence-corrected chi connectivity index (χ0v) is 12.9. The van der Waals surface area contributed by atoms with Crippen LogP contribution in [0.4, 0.5) is 0 Å². The summed E-state index contributed by atoms with van der Waals surface area (Å²) in [4.78, 5) is 21.8. The summed E-state index contributed by atoms with van der Waals surface area (Å²) in [6.07, 6.45) is 2.44. The molecule has 0 atom stereocenters. The van der Waals surface area contributed by atoms with Gasteiger partial charge < -0.3 is 9.47 Å².